The molecule has 7 nitrogen and oxygen atoms in total. The number of aromatic nitrogens is 4. The fourth-order valence-corrected chi connectivity index (χ4v) is 4.77. The highest BCUT2D eigenvalue weighted by Gasteiger charge is 2.33. The van der Waals surface area contributed by atoms with Gasteiger partial charge in [0, 0.05) is 43.7 Å². The molecule has 0 unspecified atom stereocenters. The zero-order chi connectivity index (χ0) is 21.0. The molecule has 1 fully saturated rings. The van der Waals surface area contributed by atoms with E-state index < -0.39 is 5.60 Å². The number of nitrogens with zero attached hydrogens (tertiary/aromatic N) is 5. The van der Waals surface area contributed by atoms with Crippen LogP contribution in [0.4, 0.5) is 0 Å². The molecule has 0 bridgehead atoms. The van der Waals surface area contributed by atoms with Crippen LogP contribution in [0.25, 0.3) is 10.6 Å². The van der Waals surface area contributed by atoms with Crippen molar-refractivity contribution in [3.8, 4) is 10.6 Å². The van der Waals surface area contributed by atoms with Gasteiger partial charge in [-0.25, -0.2) is 14.6 Å². The van der Waals surface area contributed by atoms with E-state index >= 15 is 0 Å². The summed E-state index contributed by atoms with van der Waals surface area (Å²) in [6.07, 6.45) is 4.95. The Morgan fingerprint density at radius 1 is 1.20 bits per heavy atom. The molecule has 3 aromatic rings. The standard InChI is InChI=1S/C21H25N5O2S2/c1-2-29-20-22-12-16(13-23-20)14-25-9-7-21(28,8-10-25)15-26-19(27)6-5-17(24-26)18-4-3-11-30-18/h3-6,11-13,28H,2,7-10,14-15H2,1H3. The third-order valence-corrected chi connectivity index (χ3v) is 6.88. The van der Waals surface area contributed by atoms with Crippen molar-refractivity contribution in [3.05, 3.63) is 58.0 Å². The van der Waals surface area contributed by atoms with Gasteiger partial charge >= 0.3 is 0 Å². The van der Waals surface area contributed by atoms with Crippen molar-refractivity contribution in [3.63, 3.8) is 0 Å². The lowest BCUT2D eigenvalue weighted by atomic mass is 9.91. The Kier molecular flexibility index (Phi) is 6.62. The molecular formula is C21H25N5O2S2. The Labute approximate surface area is 183 Å². The molecule has 1 aliphatic heterocycles. The van der Waals surface area contributed by atoms with Crippen molar-refractivity contribution < 1.29 is 5.11 Å². The SMILES string of the molecule is CCSc1ncc(CN2CCC(O)(Cn3nc(-c4cccs4)ccc3=O)CC2)cn1. The number of aliphatic hydroxyl groups is 1. The maximum Gasteiger partial charge on any atom is 0.266 e. The zero-order valence-electron chi connectivity index (χ0n) is 16.9. The van der Waals surface area contributed by atoms with E-state index in [1.54, 1.807) is 29.2 Å². The second kappa shape index (κ2) is 9.38. The molecule has 0 atom stereocenters. The van der Waals surface area contributed by atoms with E-state index in [1.807, 2.05) is 29.9 Å². The van der Waals surface area contributed by atoms with E-state index in [-0.39, 0.29) is 12.1 Å². The topological polar surface area (TPSA) is 84.1 Å². The lowest BCUT2D eigenvalue weighted by Gasteiger charge is -2.38. The van der Waals surface area contributed by atoms with Gasteiger partial charge in [0.15, 0.2) is 5.16 Å². The molecule has 4 heterocycles. The predicted molar refractivity (Wildman–Crippen MR) is 120 cm³/mol. The van der Waals surface area contributed by atoms with Gasteiger partial charge in [-0.15, -0.1) is 11.3 Å². The molecule has 1 aliphatic rings. The first-order valence-corrected chi connectivity index (χ1v) is 11.9. The average Bonchev–Trinajstić information content (AvgIpc) is 3.28. The summed E-state index contributed by atoms with van der Waals surface area (Å²) in [5.74, 6) is 0.957. The molecule has 30 heavy (non-hydrogen) atoms. The molecule has 0 aromatic carbocycles. The van der Waals surface area contributed by atoms with Crippen LogP contribution in [0.15, 0.2) is 52.0 Å². The summed E-state index contributed by atoms with van der Waals surface area (Å²) in [5, 5.41) is 18.4. The molecule has 158 valence electrons. The highest BCUT2D eigenvalue weighted by molar-refractivity contribution is 7.99. The van der Waals surface area contributed by atoms with Crippen molar-refractivity contribution in [2.75, 3.05) is 18.8 Å². The van der Waals surface area contributed by atoms with E-state index in [2.05, 4.69) is 26.9 Å². The molecule has 1 N–H and O–H groups in total. The van der Waals surface area contributed by atoms with Gasteiger partial charge in [-0.1, -0.05) is 24.8 Å². The first kappa shape index (κ1) is 21.2. The molecule has 0 amide bonds. The van der Waals surface area contributed by atoms with Crippen LogP contribution in [0.3, 0.4) is 0 Å². The highest BCUT2D eigenvalue weighted by Crippen LogP contribution is 2.26. The minimum Gasteiger partial charge on any atom is -0.388 e. The van der Waals surface area contributed by atoms with Crippen molar-refractivity contribution in [1.29, 1.82) is 0 Å². The van der Waals surface area contributed by atoms with Crippen LogP contribution in [0, 0.1) is 0 Å². The maximum absolute atomic E-state index is 12.3. The Bertz CT molecular complexity index is 1010. The largest absolute Gasteiger partial charge is 0.388 e. The monoisotopic (exact) mass is 443 g/mol. The fraction of sp³-hybridized carbons (Fsp3) is 0.429. The summed E-state index contributed by atoms with van der Waals surface area (Å²) >= 11 is 3.21. The van der Waals surface area contributed by atoms with Crippen LogP contribution in [0.5, 0.6) is 0 Å². The third-order valence-electron chi connectivity index (χ3n) is 5.23. The molecule has 0 aliphatic carbocycles. The van der Waals surface area contributed by atoms with E-state index in [0.717, 1.165) is 46.7 Å². The summed E-state index contributed by atoms with van der Waals surface area (Å²) < 4.78 is 1.41. The highest BCUT2D eigenvalue weighted by atomic mass is 32.2. The Balaban J connectivity index is 1.37. The summed E-state index contributed by atoms with van der Waals surface area (Å²) in [5.41, 5.74) is 0.714. The Morgan fingerprint density at radius 2 is 1.97 bits per heavy atom. The van der Waals surface area contributed by atoms with Crippen LogP contribution >= 0.6 is 23.1 Å². The molecule has 0 radical (unpaired) electrons. The third kappa shape index (κ3) is 5.15. The smallest absolute Gasteiger partial charge is 0.266 e. The van der Waals surface area contributed by atoms with Crippen LogP contribution in [-0.2, 0) is 13.1 Å². The minimum atomic E-state index is -0.931. The van der Waals surface area contributed by atoms with Crippen molar-refractivity contribution in [2.45, 2.75) is 43.6 Å². The molecule has 4 rings (SSSR count). The van der Waals surface area contributed by atoms with Crippen LogP contribution < -0.4 is 5.56 Å². The normalized spacial score (nSPS) is 16.6. The number of hydrogen-bond acceptors (Lipinski definition) is 8. The van der Waals surface area contributed by atoms with Gasteiger partial charge in [0.2, 0.25) is 0 Å². The Hall–Kier alpha value is -2.07. The van der Waals surface area contributed by atoms with Crippen molar-refractivity contribution in [1.82, 2.24) is 24.6 Å². The van der Waals surface area contributed by atoms with Gasteiger partial charge in [-0.3, -0.25) is 9.69 Å². The van der Waals surface area contributed by atoms with Crippen molar-refractivity contribution >= 4 is 23.1 Å². The minimum absolute atomic E-state index is 0.187. The van der Waals surface area contributed by atoms with Gasteiger partial charge in [-0.2, -0.15) is 5.10 Å². The van der Waals surface area contributed by atoms with Gasteiger partial charge in [0.25, 0.3) is 5.56 Å². The zero-order valence-corrected chi connectivity index (χ0v) is 18.5. The number of thioether (sulfide) groups is 1. The molecule has 0 saturated carbocycles. The molecular weight excluding hydrogens is 418 g/mol. The Morgan fingerprint density at radius 3 is 2.63 bits per heavy atom. The summed E-state index contributed by atoms with van der Waals surface area (Å²) in [4.78, 5) is 24.4. The molecule has 0 spiro atoms. The van der Waals surface area contributed by atoms with E-state index in [9.17, 15) is 9.90 Å². The van der Waals surface area contributed by atoms with Gasteiger partial charge in [-0.05, 0) is 36.1 Å². The molecule has 1 saturated heterocycles. The average molecular weight is 444 g/mol. The van der Waals surface area contributed by atoms with E-state index in [0.29, 0.717) is 12.8 Å². The second-order valence-electron chi connectivity index (χ2n) is 7.50. The quantitative estimate of drug-likeness (QED) is 0.444. The van der Waals surface area contributed by atoms with Crippen LogP contribution in [-0.4, -0.2) is 54.2 Å². The van der Waals surface area contributed by atoms with E-state index in [1.165, 1.54) is 10.7 Å². The lowest BCUT2D eigenvalue weighted by Crippen LogP contribution is -2.48. The summed E-state index contributed by atoms with van der Waals surface area (Å²) in [6, 6.07) is 7.21. The van der Waals surface area contributed by atoms with Crippen LogP contribution in [0.2, 0.25) is 0 Å². The first-order valence-electron chi connectivity index (χ1n) is 10.1. The van der Waals surface area contributed by atoms with E-state index in [4.69, 9.17) is 0 Å². The first-order chi connectivity index (χ1) is 14.5. The number of piperidine rings is 1. The van der Waals surface area contributed by atoms with Gasteiger partial charge in [0.05, 0.1) is 17.0 Å². The molecule has 9 heteroatoms. The number of hydrogen-bond donors (Lipinski definition) is 1. The van der Waals surface area contributed by atoms with Gasteiger partial charge < -0.3 is 5.11 Å². The number of likely N-dealkylation sites (tertiary alicyclic amines) is 1. The fourth-order valence-electron chi connectivity index (χ4n) is 3.57. The molecule has 3 aromatic heterocycles. The summed E-state index contributed by atoms with van der Waals surface area (Å²) in [7, 11) is 0. The maximum atomic E-state index is 12.3. The number of thiophene rings is 1. The lowest BCUT2D eigenvalue weighted by molar-refractivity contribution is -0.0389. The van der Waals surface area contributed by atoms with Gasteiger partial charge in [0.1, 0.15) is 5.69 Å². The van der Waals surface area contributed by atoms with Crippen LogP contribution in [0.1, 0.15) is 25.3 Å². The predicted octanol–water partition coefficient (Wildman–Crippen LogP) is 2.90. The number of rotatable bonds is 7. The van der Waals surface area contributed by atoms with Crippen molar-refractivity contribution in [2.24, 2.45) is 0 Å². The second-order valence-corrected chi connectivity index (χ2v) is 9.68. The summed E-state index contributed by atoms with van der Waals surface area (Å²) in [6.45, 7) is 4.56.